The Morgan fingerprint density at radius 3 is 2.69 bits per heavy atom. The lowest BCUT2D eigenvalue weighted by molar-refractivity contribution is 0.131. The van der Waals surface area contributed by atoms with E-state index >= 15 is 0 Å². The Kier molecular flexibility index (Phi) is 2.22. The van der Waals surface area contributed by atoms with Crippen molar-refractivity contribution in [2.24, 2.45) is 0 Å². The van der Waals surface area contributed by atoms with Crippen LogP contribution in [0.5, 0.6) is 0 Å². The molecule has 0 aliphatic carbocycles. The fraction of sp³-hybridized carbons (Fsp3) is 0.182. The zero-order valence-corrected chi connectivity index (χ0v) is 10.1. The second-order valence-corrected chi connectivity index (χ2v) is 4.61. The van der Waals surface area contributed by atoms with Crippen molar-refractivity contribution < 1.29 is 4.74 Å². The van der Waals surface area contributed by atoms with Gasteiger partial charge in [-0.05, 0) is 24.3 Å². The highest BCUT2D eigenvalue weighted by Gasteiger charge is 2.21. The zero-order valence-electron chi connectivity index (χ0n) is 8.48. The number of hydrogen-bond donors (Lipinski definition) is 1. The molecule has 0 amide bonds. The van der Waals surface area contributed by atoms with E-state index in [0.717, 1.165) is 21.4 Å². The molecule has 0 bridgehead atoms. The van der Waals surface area contributed by atoms with Gasteiger partial charge >= 0.3 is 0 Å². The van der Waals surface area contributed by atoms with Gasteiger partial charge in [0.15, 0.2) is 0 Å². The molecule has 0 saturated carbocycles. The predicted molar refractivity (Wildman–Crippen MR) is 64.2 cm³/mol. The Morgan fingerprint density at radius 1 is 1.25 bits per heavy atom. The summed E-state index contributed by atoms with van der Waals surface area (Å²) in [5, 5.41) is 4.44. The quantitative estimate of drug-likeness (QED) is 0.871. The number of benzene rings is 1. The van der Waals surface area contributed by atoms with Gasteiger partial charge in [0.2, 0.25) is 0 Å². The number of halogens is 1. The molecular formula is C11H10BrN3O. The number of nitrogens with zero attached hydrogens (tertiary/aromatic N) is 2. The Labute approximate surface area is 101 Å². The van der Waals surface area contributed by atoms with Crippen LogP contribution in [0, 0.1) is 0 Å². The summed E-state index contributed by atoms with van der Waals surface area (Å²) < 4.78 is 8.09. The molecule has 1 aromatic carbocycles. The van der Waals surface area contributed by atoms with Gasteiger partial charge in [-0.15, -0.1) is 0 Å². The molecule has 0 fully saturated rings. The Bertz CT molecular complexity index is 533. The molecule has 4 nitrogen and oxygen atoms in total. The molecule has 0 saturated heterocycles. The van der Waals surface area contributed by atoms with E-state index in [2.05, 4.69) is 21.0 Å². The maximum absolute atomic E-state index is 6.03. The van der Waals surface area contributed by atoms with Crippen LogP contribution >= 0.6 is 15.9 Å². The molecular weight excluding hydrogens is 270 g/mol. The van der Waals surface area contributed by atoms with Crippen LogP contribution in [0.25, 0.3) is 5.69 Å². The standard InChI is InChI=1S/C11H10BrN3O/c12-7-1-3-8(4-2-7)15-11(13)9-5-16-6-10(9)14-15/h1-4H,5-6,13H2. The van der Waals surface area contributed by atoms with Gasteiger partial charge in [0.25, 0.3) is 0 Å². The zero-order chi connectivity index (χ0) is 11.1. The summed E-state index contributed by atoms with van der Waals surface area (Å²) in [6.07, 6.45) is 0. The molecule has 0 radical (unpaired) electrons. The summed E-state index contributed by atoms with van der Waals surface area (Å²) in [4.78, 5) is 0. The lowest BCUT2D eigenvalue weighted by atomic mass is 10.3. The lowest BCUT2D eigenvalue weighted by Gasteiger charge is -2.05. The number of anilines is 1. The smallest absolute Gasteiger partial charge is 0.133 e. The number of ether oxygens (including phenoxy) is 1. The average Bonchev–Trinajstić information content (AvgIpc) is 2.84. The maximum atomic E-state index is 6.03. The van der Waals surface area contributed by atoms with Gasteiger partial charge in [-0.2, -0.15) is 5.10 Å². The minimum Gasteiger partial charge on any atom is -0.383 e. The van der Waals surface area contributed by atoms with Crippen LogP contribution in [-0.2, 0) is 18.0 Å². The molecule has 1 aromatic heterocycles. The fourth-order valence-electron chi connectivity index (χ4n) is 1.81. The third kappa shape index (κ3) is 1.44. The molecule has 2 N–H and O–H groups in total. The summed E-state index contributed by atoms with van der Waals surface area (Å²) in [7, 11) is 0. The number of aromatic nitrogens is 2. The van der Waals surface area contributed by atoms with Crippen LogP contribution in [0.15, 0.2) is 28.7 Å². The molecule has 16 heavy (non-hydrogen) atoms. The van der Waals surface area contributed by atoms with Crippen molar-refractivity contribution in [1.29, 1.82) is 0 Å². The highest BCUT2D eigenvalue weighted by atomic mass is 79.9. The Morgan fingerprint density at radius 2 is 2.00 bits per heavy atom. The second kappa shape index (κ2) is 3.61. The normalized spacial score (nSPS) is 14.1. The van der Waals surface area contributed by atoms with Crippen molar-refractivity contribution in [3.63, 3.8) is 0 Å². The van der Waals surface area contributed by atoms with Crippen LogP contribution in [0.1, 0.15) is 11.3 Å². The SMILES string of the molecule is Nc1c2c(nn1-c1ccc(Br)cc1)COC2. The summed E-state index contributed by atoms with van der Waals surface area (Å²) in [6.45, 7) is 1.13. The van der Waals surface area contributed by atoms with Crippen LogP contribution in [0.3, 0.4) is 0 Å². The summed E-state index contributed by atoms with van der Waals surface area (Å²) >= 11 is 3.40. The second-order valence-electron chi connectivity index (χ2n) is 3.69. The molecule has 3 rings (SSSR count). The number of fused-ring (bicyclic) bond motifs is 1. The fourth-order valence-corrected chi connectivity index (χ4v) is 2.08. The molecule has 82 valence electrons. The number of nitrogens with two attached hydrogens (primary N) is 1. The maximum Gasteiger partial charge on any atom is 0.133 e. The molecule has 2 heterocycles. The number of nitrogen functional groups attached to an aromatic ring is 1. The van der Waals surface area contributed by atoms with E-state index in [-0.39, 0.29) is 0 Å². The largest absolute Gasteiger partial charge is 0.383 e. The molecule has 2 aromatic rings. The van der Waals surface area contributed by atoms with Gasteiger partial charge in [-0.3, -0.25) is 0 Å². The van der Waals surface area contributed by atoms with Crippen LogP contribution in [0.4, 0.5) is 5.82 Å². The molecule has 1 aliphatic rings. The van der Waals surface area contributed by atoms with E-state index < -0.39 is 0 Å². The first kappa shape index (κ1) is 9.86. The van der Waals surface area contributed by atoms with Crippen molar-refractivity contribution in [3.05, 3.63) is 40.0 Å². The van der Waals surface area contributed by atoms with E-state index in [1.165, 1.54) is 0 Å². The Balaban J connectivity index is 2.10. The van der Waals surface area contributed by atoms with E-state index in [1.807, 2.05) is 24.3 Å². The van der Waals surface area contributed by atoms with Crippen LogP contribution in [-0.4, -0.2) is 9.78 Å². The van der Waals surface area contributed by atoms with Crippen LogP contribution in [0.2, 0.25) is 0 Å². The molecule has 5 heteroatoms. The van der Waals surface area contributed by atoms with Gasteiger partial charge in [-0.1, -0.05) is 15.9 Å². The first-order valence-electron chi connectivity index (χ1n) is 4.95. The minimum absolute atomic E-state index is 0.559. The van der Waals surface area contributed by atoms with Crippen molar-refractivity contribution in [3.8, 4) is 5.69 Å². The topological polar surface area (TPSA) is 53.1 Å². The van der Waals surface area contributed by atoms with E-state index in [0.29, 0.717) is 19.0 Å². The predicted octanol–water partition coefficient (Wildman–Crippen LogP) is 2.25. The molecule has 0 unspecified atom stereocenters. The third-order valence-corrected chi connectivity index (χ3v) is 3.19. The van der Waals surface area contributed by atoms with Gasteiger partial charge < -0.3 is 10.5 Å². The summed E-state index contributed by atoms with van der Waals surface area (Å²) in [5.41, 5.74) is 8.96. The van der Waals surface area contributed by atoms with Crippen molar-refractivity contribution in [2.75, 3.05) is 5.73 Å². The first-order valence-corrected chi connectivity index (χ1v) is 5.75. The molecule has 0 atom stereocenters. The van der Waals surface area contributed by atoms with E-state index in [1.54, 1.807) is 4.68 Å². The number of hydrogen-bond acceptors (Lipinski definition) is 3. The third-order valence-electron chi connectivity index (χ3n) is 2.66. The lowest BCUT2D eigenvalue weighted by Crippen LogP contribution is -2.03. The highest BCUT2D eigenvalue weighted by molar-refractivity contribution is 9.10. The average molecular weight is 280 g/mol. The highest BCUT2D eigenvalue weighted by Crippen LogP contribution is 2.27. The number of rotatable bonds is 1. The monoisotopic (exact) mass is 279 g/mol. The van der Waals surface area contributed by atoms with Gasteiger partial charge in [0.05, 0.1) is 24.6 Å². The van der Waals surface area contributed by atoms with Crippen LogP contribution < -0.4 is 5.73 Å². The van der Waals surface area contributed by atoms with Crippen molar-refractivity contribution in [2.45, 2.75) is 13.2 Å². The van der Waals surface area contributed by atoms with Crippen molar-refractivity contribution >= 4 is 21.7 Å². The summed E-state index contributed by atoms with van der Waals surface area (Å²) in [5.74, 6) is 0.676. The van der Waals surface area contributed by atoms with Gasteiger partial charge in [0.1, 0.15) is 5.82 Å². The van der Waals surface area contributed by atoms with Crippen molar-refractivity contribution in [1.82, 2.24) is 9.78 Å². The first-order chi connectivity index (χ1) is 7.75. The molecule has 0 spiro atoms. The minimum atomic E-state index is 0.559. The van der Waals surface area contributed by atoms with Gasteiger partial charge in [-0.25, -0.2) is 4.68 Å². The Hall–Kier alpha value is -1.33. The van der Waals surface area contributed by atoms with E-state index in [4.69, 9.17) is 10.5 Å². The van der Waals surface area contributed by atoms with E-state index in [9.17, 15) is 0 Å². The summed E-state index contributed by atoms with van der Waals surface area (Å²) in [6, 6.07) is 7.89. The van der Waals surface area contributed by atoms with Gasteiger partial charge in [0, 0.05) is 10.0 Å². The molecule has 1 aliphatic heterocycles.